The Bertz CT molecular complexity index is 338. The molecule has 1 aromatic carbocycles. The normalized spacial score (nSPS) is 9.93. The van der Waals surface area contributed by atoms with E-state index in [1.54, 1.807) is 19.2 Å². The Labute approximate surface area is 89.6 Å². The molecule has 0 radical (unpaired) electrons. The number of methoxy groups -OCH3 is 2. The van der Waals surface area contributed by atoms with Crippen LogP contribution >= 0.6 is 0 Å². The SMILES string of the molecule is CCc1c(OC)ccc(B(O)O)c1OC. The molecule has 1 rings (SSSR count). The van der Waals surface area contributed by atoms with E-state index < -0.39 is 7.12 Å². The maximum atomic E-state index is 9.15. The Morgan fingerprint density at radius 2 is 1.87 bits per heavy atom. The predicted molar refractivity (Wildman–Crippen MR) is 58.7 cm³/mol. The zero-order valence-corrected chi connectivity index (χ0v) is 9.15. The molecule has 5 heteroatoms. The minimum Gasteiger partial charge on any atom is -0.497 e. The lowest BCUT2D eigenvalue weighted by atomic mass is 9.78. The van der Waals surface area contributed by atoms with Crippen LogP contribution in [0.4, 0.5) is 0 Å². The van der Waals surface area contributed by atoms with Crippen molar-refractivity contribution in [2.45, 2.75) is 13.3 Å². The van der Waals surface area contributed by atoms with Gasteiger partial charge < -0.3 is 19.5 Å². The van der Waals surface area contributed by atoms with Crippen LogP contribution in [-0.2, 0) is 6.42 Å². The fourth-order valence-electron chi connectivity index (χ4n) is 1.60. The lowest BCUT2D eigenvalue weighted by Gasteiger charge is -2.15. The topological polar surface area (TPSA) is 58.9 Å². The molecule has 4 nitrogen and oxygen atoms in total. The van der Waals surface area contributed by atoms with Crippen LogP contribution in [0.3, 0.4) is 0 Å². The third-order valence-electron chi connectivity index (χ3n) is 2.30. The highest BCUT2D eigenvalue weighted by atomic mass is 16.5. The van der Waals surface area contributed by atoms with Crippen LogP contribution in [0.25, 0.3) is 0 Å². The van der Waals surface area contributed by atoms with Crippen molar-refractivity contribution in [2.24, 2.45) is 0 Å². The molecule has 0 aliphatic carbocycles. The van der Waals surface area contributed by atoms with Gasteiger partial charge in [0, 0.05) is 11.0 Å². The number of ether oxygens (including phenoxy) is 2. The Morgan fingerprint density at radius 3 is 2.27 bits per heavy atom. The molecule has 0 bridgehead atoms. The maximum absolute atomic E-state index is 9.15. The van der Waals surface area contributed by atoms with E-state index in [0.29, 0.717) is 23.4 Å². The van der Waals surface area contributed by atoms with Crippen molar-refractivity contribution < 1.29 is 19.5 Å². The number of hydrogen-bond donors (Lipinski definition) is 2. The second-order valence-corrected chi connectivity index (χ2v) is 3.10. The van der Waals surface area contributed by atoms with Gasteiger partial charge in [0.2, 0.25) is 0 Å². The summed E-state index contributed by atoms with van der Waals surface area (Å²) in [5, 5.41) is 18.3. The van der Waals surface area contributed by atoms with Gasteiger partial charge >= 0.3 is 7.12 Å². The van der Waals surface area contributed by atoms with E-state index in [4.69, 9.17) is 19.5 Å². The second kappa shape index (κ2) is 5.05. The molecule has 1 aromatic rings. The molecule has 0 heterocycles. The van der Waals surface area contributed by atoms with Gasteiger partial charge in [-0.2, -0.15) is 0 Å². The summed E-state index contributed by atoms with van der Waals surface area (Å²) in [7, 11) is 1.54. The average Bonchev–Trinajstić information content (AvgIpc) is 2.26. The molecule has 15 heavy (non-hydrogen) atoms. The van der Waals surface area contributed by atoms with E-state index in [-0.39, 0.29) is 0 Å². The summed E-state index contributed by atoms with van der Waals surface area (Å²) >= 11 is 0. The first-order valence-corrected chi connectivity index (χ1v) is 4.75. The van der Waals surface area contributed by atoms with Crippen molar-refractivity contribution >= 4 is 12.6 Å². The Hall–Kier alpha value is -1.20. The Morgan fingerprint density at radius 1 is 1.20 bits per heavy atom. The third kappa shape index (κ3) is 2.24. The van der Waals surface area contributed by atoms with Crippen molar-refractivity contribution in [1.29, 1.82) is 0 Å². The number of benzene rings is 1. The molecule has 0 aromatic heterocycles. The molecule has 0 fully saturated rings. The van der Waals surface area contributed by atoms with E-state index in [0.717, 1.165) is 5.56 Å². The van der Waals surface area contributed by atoms with Crippen molar-refractivity contribution in [3.63, 3.8) is 0 Å². The molecule has 0 saturated heterocycles. The first-order valence-electron chi connectivity index (χ1n) is 4.75. The maximum Gasteiger partial charge on any atom is 0.492 e. The molecule has 0 aliphatic heterocycles. The minimum atomic E-state index is -1.53. The summed E-state index contributed by atoms with van der Waals surface area (Å²) in [4.78, 5) is 0. The molecule has 0 aliphatic rings. The van der Waals surface area contributed by atoms with Gasteiger partial charge in [0.05, 0.1) is 14.2 Å². The van der Waals surface area contributed by atoms with Crippen LogP contribution < -0.4 is 14.9 Å². The van der Waals surface area contributed by atoms with Gasteiger partial charge in [-0.1, -0.05) is 13.0 Å². The van der Waals surface area contributed by atoms with Crippen molar-refractivity contribution in [1.82, 2.24) is 0 Å². The number of hydrogen-bond acceptors (Lipinski definition) is 4. The smallest absolute Gasteiger partial charge is 0.492 e. The van der Waals surface area contributed by atoms with Gasteiger partial charge in [0.25, 0.3) is 0 Å². The van der Waals surface area contributed by atoms with Gasteiger partial charge in [-0.05, 0) is 12.5 Å². The molecule has 2 N–H and O–H groups in total. The van der Waals surface area contributed by atoms with Crippen molar-refractivity contribution in [3.8, 4) is 11.5 Å². The van der Waals surface area contributed by atoms with E-state index in [1.807, 2.05) is 6.92 Å². The Balaban J connectivity index is 3.34. The number of rotatable bonds is 4. The van der Waals surface area contributed by atoms with Crippen LogP contribution in [0.5, 0.6) is 11.5 Å². The second-order valence-electron chi connectivity index (χ2n) is 3.10. The minimum absolute atomic E-state index is 0.357. The predicted octanol–water partition coefficient (Wildman–Crippen LogP) is -0.0540. The van der Waals surface area contributed by atoms with E-state index in [1.165, 1.54) is 7.11 Å². The lowest BCUT2D eigenvalue weighted by molar-refractivity contribution is 0.383. The van der Waals surface area contributed by atoms with Gasteiger partial charge in [-0.3, -0.25) is 0 Å². The van der Waals surface area contributed by atoms with Gasteiger partial charge in [-0.15, -0.1) is 0 Å². The van der Waals surface area contributed by atoms with E-state index >= 15 is 0 Å². The molecule has 0 amide bonds. The monoisotopic (exact) mass is 210 g/mol. The van der Waals surface area contributed by atoms with Gasteiger partial charge in [0.1, 0.15) is 11.5 Å². The van der Waals surface area contributed by atoms with Crippen LogP contribution in [0.2, 0.25) is 0 Å². The van der Waals surface area contributed by atoms with Gasteiger partial charge in [0.15, 0.2) is 0 Å². The average molecular weight is 210 g/mol. The largest absolute Gasteiger partial charge is 0.497 e. The van der Waals surface area contributed by atoms with E-state index in [2.05, 4.69) is 0 Å². The highest BCUT2D eigenvalue weighted by Gasteiger charge is 2.21. The summed E-state index contributed by atoms with van der Waals surface area (Å²) < 4.78 is 10.3. The summed E-state index contributed by atoms with van der Waals surface area (Å²) in [6, 6.07) is 3.29. The fraction of sp³-hybridized carbons (Fsp3) is 0.400. The summed E-state index contributed by atoms with van der Waals surface area (Å²) in [6.07, 6.45) is 0.701. The zero-order chi connectivity index (χ0) is 11.4. The molecule has 0 atom stereocenters. The summed E-state index contributed by atoms with van der Waals surface area (Å²) in [5.74, 6) is 1.17. The molecule has 82 valence electrons. The van der Waals surface area contributed by atoms with Crippen molar-refractivity contribution in [2.75, 3.05) is 14.2 Å². The molecule has 0 spiro atoms. The van der Waals surface area contributed by atoms with E-state index in [9.17, 15) is 0 Å². The highest BCUT2D eigenvalue weighted by Crippen LogP contribution is 2.27. The van der Waals surface area contributed by atoms with Crippen molar-refractivity contribution in [3.05, 3.63) is 17.7 Å². The highest BCUT2D eigenvalue weighted by molar-refractivity contribution is 6.59. The zero-order valence-electron chi connectivity index (χ0n) is 9.15. The molecular weight excluding hydrogens is 195 g/mol. The standard InChI is InChI=1S/C10H15BO4/c1-4-7-9(14-2)6-5-8(11(12)13)10(7)15-3/h5-6,12-13H,4H2,1-3H3. The molecule has 0 saturated carbocycles. The fourth-order valence-corrected chi connectivity index (χ4v) is 1.60. The Kier molecular flexibility index (Phi) is 4.00. The summed E-state index contributed by atoms with van der Waals surface area (Å²) in [6.45, 7) is 1.95. The quantitative estimate of drug-likeness (QED) is 0.684. The van der Waals surface area contributed by atoms with Crippen LogP contribution in [0.15, 0.2) is 12.1 Å². The molecule has 0 unspecified atom stereocenters. The van der Waals surface area contributed by atoms with Crippen LogP contribution in [-0.4, -0.2) is 31.4 Å². The van der Waals surface area contributed by atoms with Gasteiger partial charge in [-0.25, -0.2) is 0 Å². The third-order valence-corrected chi connectivity index (χ3v) is 2.30. The molecular formula is C10H15BO4. The van der Waals surface area contributed by atoms with Crippen LogP contribution in [0.1, 0.15) is 12.5 Å². The first-order chi connectivity index (χ1) is 7.15. The van der Waals surface area contributed by atoms with Crippen LogP contribution in [0, 0.1) is 0 Å². The summed E-state index contributed by atoms with van der Waals surface area (Å²) in [5.41, 5.74) is 1.20. The first kappa shape index (κ1) is 11.9. The lowest BCUT2D eigenvalue weighted by Crippen LogP contribution is -2.31.